The second-order valence-corrected chi connectivity index (χ2v) is 6.23. The van der Waals surface area contributed by atoms with Gasteiger partial charge in [0, 0.05) is 25.3 Å². The first kappa shape index (κ1) is 14.0. The number of hydrogen-bond acceptors (Lipinski definition) is 3. The van der Waals surface area contributed by atoms with Crippen molar-refractivity contribution in [3.05, 3.63) is 0 Å². The summed E-state index contributed by atoms with van der Waals surface area (Å²) >= 11 is 1.67. The molecule has 1 aliphatic carbocycles. The molecule has 2 rings (SSSR count). The Morgan fingerprint density at radius 1 is 1.28 bits per heavy atom. The van der Waals surface area contributed by atoms with E-state index in [-0.39, 0.29) is 6.42 Å². The van der Waals surface area contributed by atoms with Gasteiger partial charge >= 0.3 is 6.18 Å². The van der Waals surface area contributed by atoms with Crippen molar-refractivity contribution in [2.75, 3.05) is 18.8 Å². The number of amidine groups is 1. The summed E-state index contributed by atoms with van der Waals surface area (Å²) in [6, 6.07) is 0. The molecular formula is C12H19F3N2S. The second-order valence-electron chi connectivity index (χ2n) is 5.26. The topological polar surface area (TPSA) is 24.4 Å². The maximum Gasteiger partial charge on any atom is 0.389 e. The maximum absolute atomic E-state index is 12.0. The van der Waals surface area contributed by atoms with Crippen LogP contribution >= 0.6 is 11.8 Å². The van der Waals surface area contributed by atoms with Gasteiger partial charge in [-0.15, -0.1) is 0 Å². The summed E-state index contributed by atoms with van der Waals surface area (Å²) in [4.78, 5) is 4.49. The molecule has 0 bridgehead atoms. The molecule has 1 fully saturated rings. The minimum Gasteiger partial charge on any atom is -0.365 e. The predicted octanol–water partition coefficient (Wildman–Crippen LogP) is 3.58. The standard InChI is InChI=1S/C12H19F3N2S/c13-12(14,15)6-3-7-16-10-17-8-11(9-18-10)4-1-2-5-11/h1-9H2,(H,16,17). The van der Waals surface area contributed by atoms with Crippen LogP contribution in [0.25, 0.3) is 0 Å². The monoisotopic (exact) mass is 280 g/mol. The average molecular weight is 280 g/mol. The number of rotatable bonds is 3. The second kappa shape index (κ2) is 5.72. The van der Waals surface area contributed by atoms with Crippen LogP contribution in [-0.4, -0.2) is 30.2 Å². The molecule has 0 aromatic rings. The molecule has 2 nitrogen and oxygen atoms in total. The zero-order valence-corrected chi connectivity index (χ0v) is 11.2. The van der Waals surface area contributed by atoms with E-state index in [1.807, 2.05) is 0 Å². The molecule has 0 unspecified atom stereocenters. The van der Waals surface area contributed by atoms with Crippen molar-refractivity contribution < 1.29 is 13.2 Å². The van der Waals surface area contributed by atoms with Gasteiger partial charge in [0.05, 0.1) is 0 Å². The first-order valence-electron chi connectivity index (χ1n) is 6.47. The van der Waals surface area contributed by atoms with Gasteiger partial charge in [0.15, 0.2) is 5.17 Å². The van der Waals surface area contributed by atoms with E-state index in [2.05, 4.69) is 10.3 Å². The zero-order valence-electron chi connectivity index (χ0n) is 10.4. The van der Waals surface area contributed by atoms with Crippen molar-refractivity contribution in [1.29, 1.82) is 0 Å². The van der Waals surface area contributed by atoms with Crippen molar-refractivity contribution in [1.82, 2.24) is 5.32 Å². The van der Waals surface area contributed by atoms with Crippen LogP contribution in [0.15, 0.2) is 4.99 Å². The zero-order chi connectivity index (χ0) is 13.1. The van der Waals surface area contributed by atoms with Crippen LogP contribution < -0.4 is 5.32 Å². The maximum atomic E-state index is 12.0. The largest absolute Gasteiger partial charge is 0.389 e. The number of alkyl halides is 3. The molecular weight excluding hydrogens is 261 g/mol. The molecule has 1 saturated carbocycles. The minimum atomic E-state index is -4.04. The normalized spacial score (nSPS) is 23.2. The Balaban J connectivity index is 1.67. The van der Waals surface area contributed by atoms with Gasteiger partial charge in [-0.2, -0.15) is 13.2 Å². The van der Waals surface area contributed by atoms with E-state index < -0.39 is 12.6 Å². The molecule has 1 heterocycles. The summed E-state index contributed by atoms with van der Waals surface area (Å²) < 4.78 is 35.9. The highest BCUT2D eigenvalue weighted by Gasteiger charge is 2.36. The van der Waals surface area contributed by atoms with E-state index in [0.29, 0.717) is 12.0 Å². The predicted molar refractivity (Wildman–Crippen MR) is 69.0 cm³/mol. The van der Waals surface area contributed by atoms with Gasteiger partial charge < -0.3 is 5.32 Å². The number of nitrogens with zero attached hydrogens (tertiary/aromatic N) is 1. The van der Waals surface area contributed by atoms with Gasteiger partial charge in [0.25, 0.3) is 0 Å². The molecule has 1 N–H and O–H groups in total. The lowest BCUT2D eigenvalue weighted by atomic mass is 9.89. The van der Waals surface area contributed by atoms with Crippen LogP contribution in [0.3, 0.4) is 0 Å². The minimum absolute atomic E-state index is 0.119. The van der Waals surface area contributed by atoms with Gasteiger partial charge in [-0.25, -0.2) is 0 Å². The summed E-state index contributed by atoms with van der Waals surface area (Å²) in [5.41, 5.74) is 0.391. The molecule has 0 atom stereocenters. The third-order valence-corrected chi connectivity index (χ3v) is 4.95. The molecule has 1 aliphatic heterocycles. The lowest BCUT2D eigenvalue weighted by molar-refractivity contribution is -0.135. The van der Waals surface area contributed by atoms with E-state index in [1.54, 1.807) is 11.8 Å². The number of halogens is 3. The highest BCUT2D eigenvalue weighted by Crippen LogP contribution is 2.43. The molecule has 0 radical (unpaired) electrons. The van der Waals surface area contributed by atoms with Crippen LogP contribution in [-0.2, 0) is 0 Å². The van der Waals surface area contributed by atoms with Crippen LogP contribution in [0.4, 0.5) is 13.2 Å². The fourth-order valence-corrected chi connectivity index (χ4v) is 3.75. The van der Waals surface area contributed by atoms with Crippen LogP contribution in [0, 0.1) is 5.41 Å². The van der Waals surface area contributed by atoms with Crippen LogP contribution in [0.5, 0.6) is 0 Å². The van der Waals surface area contributed by atoms with E-state index >= 15 is 0 Å². The molecule has 6 heteroatoms. The number of aliphatic imine (C=N–C) groups is 1. The quantitative estimate of drug-likeness (QED) is 0.799. The number of nitrogens with one attached hydrogen (secondary N) is 1. The lowest BCUT2D eigenvalue weighted by Gasteiger charge is -2.31. The van der Waals surface area contributed by atoms with Crippen molar-refractivity contribution in [3.63, 3.8) is 0 Å². The fraction of sp³-hybridized carbons (Fsp3) is 0.917. The van der Waals surface area contributed by atoms with Crippen molar-refractivity contribution in [3.8, 4) is 0 Å². The Bertz CT molecular complexity index is 309. The van der Waals surface area contributed by atoms with E-state index in [4.69, 9.17) is 0 Å². The first-order valence-corrected chi connectivity index (χ1v) is 7.46. The molecule has 0 aromatic heterocycles. The Kier molecular flexibility index (Phi) is 4.45. The van der Waals surface area contributed by atoms with Gasteiger partial charge in [-0.05, 0) is 24.7 Å². The first-order chi connectivity index (χ1) is 8.49. The summed E-state index contributed by atoms with van der Waals surface area (Å²) in [7, 11) is 0. The smallest absolute Gasteiger partial charge is 0.365 e. The van der Waals surface area contributed by atoms with Gasteiger partial charge in [-0.3, -0.25) is 4.99 Å². The number of thioether (sulfide) groups is 1. The summed E-state index contributed by atoms with van der Waals surface area (Å²) in [5.74, 6) is 1.07. The van der Waals surface area contributed by atoms with Crippen molar-refractivity contribution in [2.45, 2.75) is 44.7 Å². The van der Waals surface area contributed by atoms with Gasteiger partial charge in [0.1, 0.15) is 0 Å². The highest BCUT2D eigenvalue weighted by molar-refractivity contribution is 8.13. The molecule has 0 aromatic carbocycles. The molecule has 104 valence electrons. The van der Waals surface area contributed by atoms with Crippen molar-refractivity contribution in [2.24, 2.45) is 10.4 Å². The lowest BCUT2D eigenvalue weighted by Crippen LogP contribution is -2.34. The molecule has 0 saturated heterocycles. The summed E-state index contributed by atoms with van der Waals surface area (Å²) in [5, 5.41) is 3.84. The highest BCUT2D eigenvalue weighted by atomic mass is 32.2. The van der Waals surface area contributed by atoms with E-state index in [9.17, 15) is 13.2 Å². The van der Waals surface area contributed by atoms with Gasteiger partial charge in [-0.1, -0.05) is 24.6 Å². The third-order valence-electron chi connectivity index (χ3n) is 3.65. The van der Waals surface area contributed by atoms with Gasteiger partial charge in [0.2, 0.25) is 0 Å². The average Bonchev–Trinajstić information content (AvgIpc) is 2.75. The van der Waals surface area contributed by atoms with Crippen molar-refractivity contribution >= 4 is 16.9 Å². The third kappa shape index (κ3) is 4.07. The Hall–Kier alpha value is -0.390. The summed E-state index contributed by atoms with van der Waals surface area (Å²) in [6.45, 7) is 1.21. The fourth-order valence-electron chi connectivity index (χ4n) is 2.57. The van der Waals surface area contributed by atoms with Crippen LogP contribution in [0.1, 0.15) is 38.5 Å². The summed E-state index contributed by atoms with van der Waals surface area (Å²) in [6.07, 6.45) is 0.456. The molecule has 2 aliphatic rings. The SMILES string of the molecule is FC(F)(F)CCCNC1=NCC2(CCCC2)CS1. The number of hydrogen-bond donors (Lipinski definition) is 1. The Morgan fingerprint density at radius 3 is 2.56 bits per heavy atom. The molecule has 1 spiro atoms. The Labute approximate surface area is 110 Å². The molecule has 18 heavy (non-hydrogen) atoms. The van der Waals surface area contributed by atoms with E-state index in [1.165, 1.54) is 25.7 Å². The Morgan fingerprint density at radius 2 is 2.00 bits per heavy atom. The van der Waals surface area contributed by atoms with E-state index in [0.717, 1.165) is 17.5 Å². The molecule has 0 amide bonds. The van der Waals surface area contributed by atoms with Crippen LogP contribution in [0.2, 0.25) is 0 Å².